The lowest BCUT2D eigenvalue weighted by atomic mass is 9.78. The van der Waals surface area contributed by atoms with Crippen LogP contribution < -0.4 is 0 Å². The van der Waals surface area contributed by atoms with Crippen molar-refractivity contribution >= 4 is 5.97 Å². The van der Waals surface area contributed by atoms with Crippen LogP contribution in [0.15, 0.2) is 30.3 Å². The van der Waals surface area contributed by atoms with Gasteiger partial charge in [0, 0.05) is 23.9 Å². The Morgan fingerprint density at radius 2 is 1.71 bits per heavy atom. The molecule has 0 radical (unpaired) electrons. The maximum atomic E-state index is 12.2. The van der Waals surface area contributed by atoms with Crippen LogP contribution in [0.1, 0.15) is 50.9 Å². The molecule has 1 aromatic carbocycles. The molecule has 1 heterocycles. The number of carbonyl (C=O) groups excluding carboxylic acids is 1. The van der Waals surface area contributed by atoms with E-state index in [4.69, 9.17) is 4.74 Å². The van der Waals surface area contributed by atoms with Crippen molar-refractivity contribution in [3.63, 3.8) is 0 Å². The molecular weight excluding hydrogens is 264 g/mol. The summed E-state index contributed by atoms with van der Waals surface area (Å²) < 4.78 is 5.67. The SMILES string of the molecule is CC1(C)CC(OC(=O)c2ccccc2)CC(C)(C)N1C#N. The van der Waals surface area contributed by atoms with Crippen molar-refractivity contribution in [3.05, 3.63) is 35.9 Å². The summed E-state index contributed by atoms with van der Waals surface area (Å²) in [4.78, 5) is 14.0. The molecule has 0 amide bonds. The molecule has 1 aliphatic heterocycles. The number of likely N-dealkylation sites (tertiary alicyclic amines) is 1. The van der Waals surface area contributed by atoms with Crippen LogP contribution in [0.2, 0.25) is 0 Å². The lowest BCUT2D eigenvalue weighted by molar-refractivity contribution is -0.0573. The van der Waals surface area contributed by atoms with Gasteiger partial charge in [-0.05, 0) is 39.8 Å². The van der Waals surface area contributed by atoms with Crippen molar-refractivity contribution in [2.45, 2.75) is 57.7 Å². The van der Waals surface area contributed by atoms with Gasteiger partial charge in [0.1, 0.15) is 6.10 Å². The highest BCUT2D eigenvalue weighted by Crippen LogP contribution is 2.39. The summed E-state index contributed by atoms with van der Waals surface area (Å²) in [7, 11) is 0. The number of rotatable bonds is 2. The topological polar surface area (TPSA) is 53.3 Å². The predicted octanol–water partition coefficient (Wildman–Crippen LogP) is 3.35. The van der Waals surface area contributed by atoms with Crippen LogP contribution in [0.3, 0.4) is 0 Å². The second kappa shape index (κ2) is 5.40. The molecule has 0 saturated carbocycles. The molecule has 0 aliphatic carbocycles. The van der Waals surface area contributed by atoms with E-state index in [-0.39, 0.29) is 23.2 Å². The number of nitrogens with zero attached hydrogens (tertiary/aromatic N) is 2. The fourth-order valence-corrected chi connectivity index (χ4v) is 3.34. The first-order chi connectivity index (χ1) is 9.76. The van der Waals surface area contributed by atoms with Crippen LogP contribution in [0.5, 0.6) is 0 Å². The second-order valence-electron chi connectivity index (χ2n) is 6.86. The standard InChI is InChI=1S/C17H22N2O2/c1-16(2)10-14(11-17(3,4)19(16)12-18)21-15(20)13-8-6-5-7-9-13/h5-9,14H,10-11H2,1-4H3. The second-order valence-corrected chi connectivity index (χ2v) is 6.86. The molecule has 0 atom stereocenters. The van der Waals surface area contributed by atoms with Crippen LogP contribution in [0, 0.1) is 11.5 Å². The van der Waals surface area contributed by atoms with E-state index in [0.29, 0.717) is 18.4 Å². The van der Waals surface area contributed by atoms with Gasteiger partial charge in [0.2, 0.25) is 0 Å². The highest BCUT2D eigenvalue weighted by molar-refractivity contribution is 5.89. The Morgan fingerprint density at radius 1 is 1.19 bits per heavy atom. The number of esters is 1. The van der Waals surface area contributed by atoms with E-state index >= 15 is 0 Å². The summed E-state index contributed by atoms with van der Waals surface area (Å²) in [5, 5.41) is 9.38. The zero-order chi connectivity index (χ0) is 15.7. The number of hydrogen-bond acceptors (Lipinski definition) is 4. The van der Waals surface area contributed by atoms with Crippen LogP contribution >= 0.6 is 0 Å². The summed E-state index contributed by atoms with van der Waals surface area (Å²) >= 11 is 0. The van der Waals surface area contributed by atoms with E-state index in [1.807, 2.05) is 50.8 Å². The average Bonchev–Trinajstić information content (AvgIpc) is 2.37. The van der Waals surface area contributed by atoms with E-state index in [1.54, 1.807) is 12.1 Å². The number of carbonyl (C=O) groups is 1. The Bertz CT molecular complexity index is 540. The predicted molar refractivity (Wildman–Crippen MR) is 80.5 cm³/mol. The zero-order valence-electron chi connectivity index (χ0n) is 13.1. The third kappa shape index (κ3) is 3.18. The molecule has 0 N–H and O–H groups in total. The Morgan fingerprint density at radius 3 is 2.19 bits per heavy atom. The fraction of sp³-hybridized carbons (Fsp3) is 0.529. The number of hydrogen-bond donors (Lipinski definition) is 0. The number of benzene rings is 1. The smallest absolute Gasteiger partial charge is 0.338 e. The average molecular weight is 286 g/mol. The number of ether oxygens (including phenoxy) is 1. The van der Waals surface area contributed by atoms with E-state index in [1.165, 1.54) is 0 Å². The molecule has 1 aromatic rings. The Balaban J connectivity index is 2.13. The summed E-state index contributed by atoms with van der Waals surface area (Å²) in [6.45, 7) is 8.06. The molecule has 0 aromatic heterocycles. The normalized spacial score (nSPS) is 20.6. The Labute approximate surface area is 126 Å². The van der Waals surface area contributed by atoms with Gasteiger partial charge in [0.25, 0.3) is 0 Å². The molecule has 112 valence electrons. The summed E-state index contributed by atoms with van der Waals surface area (Å²) in [6, 6.07) is 9.02. The molecule has 4 heteroatoms. The highest BCUT2D eigenvalue weighted by atomic mass is 16.5. The molecule has 2 rings (SSSR count). The lowest BCUT2D eigenvalue weighted by Crippen LogP contribution is -2.60. The first-order valence-corrected chi connectivity index (χ1v) is 7.22. The Hall–Kier alpha value is -2.02. The van der Waals surface area contributed by atoms with Gasteiger partial charge >= 0.3 is 5.97 Å². The van der Waals surface area contributed by atoms with Gasteiger partial charge in [-0.25, -0.2) is 4.79 Å². The quantitative estimate of drug-likeness (QED) is 0.618. The largest absolute Gasteiger partial charge is 0.459 e. The van der Waals surface area contributed by atoms with Crippen LogP contribution in [0.4, 0.5) is 0 Å². The summed E-state index contributed by atoms with van der Waals surface area (Å²) in [5.41, 5.74) is -0.0770. The van der Waals surface area contributed by atoms with Gasteiger partial charge in [-0.3, -0.25) is 4.90 Å². The molecule has 1 aliphatic rings. The van der Waals surface area contributed by atoms with Gasteiger partial charge in [-0.1, -0.05) is 18.2 Å². The number of nitriles is 1. The van der Waals surface area contributed by atoms with E-state index in [0.717, 1.165) is 0 Å². The molecule has 1 saturated heterocycles. The fourth-order valence-electron chi connectivity index (χ4n) is 3.34. The maximum absolute atomic E-state index is 12.2. The first-order valence-electron chi connectivity index (χ1n) is 7.22. The zero-order valence-corrected chi connectivity index (χ0v) is 13.1. The lowest BCUT2D eigenvalue weighted by Gasteiger charge is -2.51. The van der Waals surface area contributed by atoms with Crippen LogP contribution in [-0.4, -0.2) is 28.1 Å². The van der Waals surface area contributed by atoms with E-state index < -0.39 is 0 Å². The van der Waals surface area contributed by atoms with Crippen molar-refractivity contribution in [1.29, 1.82) is 5.26 Å². The van der Waals surface area contributed by atoms with Crippen molar-refractivity contribution in [3.8, 4) is 6.19 Å². The molecule has 0 unspecified atom stereocenters. The van der Waals surface area contributed by atoms with Crippen molar-refractivity contribution < 1.29 is 9.53 Å². The molecule has 4 nitrogen and oxygen atoms in total. The molecular formula is C17H22N2O2. The Kier molecular flexibility index (Phi) is 3.95. The number of piperidine rings is 1. The molecule has 0 spiro atoms. The maximum Gasteiger partial charge on any atom is 0.338 e. The van der Waals surface area contributed by atoms with Gasteiger partial charge < -0.3 is 4.74 Å². The third-order valence-corrected chi connectivity index (χ3v) is 4.05. The third-order valence-electron chi connectivity index (χ3n) is 4.05. The van der Waals surface area contributed by atoms with Gasteiger partial charge in [-0.2, -0.15) is 5.26 Å². The molecule has 21 heavy (non-hydrogen) atoms. The first kappa shape index (κ1) is 15.4. The van der Waals surface area contributed by atoms with Crippen molar-refractivity contribution in [2.24, 2.45) is 0 Å². The van der Waals surface area contributed by atoms with Crippen molar-refractivity contribution in [2.75, 3.05) is 0 Å². The minimum Gasteiger partial charge on any atom is -0.459 e. The van der Waals surface area contributed by atoms with Crippen LogP contribution in [-0.2, 0) is 4.74 Å². The van der Waals surface area contributed by atoms with Crippen molar-refractivity contribution in [1.82, 2.24) is 4.90 Å². The highest BCUT2D eigenvalue weighted by Gasteiger charge is 2.46. The monoisotopic (exact) mass is 286 g/mol. The summed E-state index contributed by atoms with van der Waals surface area (Å²) in [6.07, 6.45) is 3.42. The van der Waals surface area contributed by atoms with E-state index in [9.17, 15) is 10.1 Å². The minimum atomic E-state index is -0.321. The summed E-state index contributed by atoms with van der Waals surface area (Å²) in [5.74, 6) is -0.294. The van der Waals surface area contributed by atoms with Gasteiger partial charge in [0.15, 0.2) is 6.19 Å². The molecule has 0 bridgehead atoms. The van der Waals surface area contributed by atoms with E-state index in [2.05, 4.69) is 6.19 Å². The van der Waals surface area contributed by atoms with Crippen LogP contribution in [0.25, 0.3) is 0 Å². The van der Waals surface area contributed by atoms with Gasteiger partial charge in [0.05, 0.1) is 5.56 Å². The minimum absolute atomic E-state index is 0.174. The molecule has 1 fully saturated rings. The van der Waals surface area contributed by atoms with Gasteiger partial charge in [-0.15, -0.1) is 0 Å².